The Hall–Kier alpha value is -4.49. The summed E-state index contributed by atoms with van der Waals surface area (Å²) in [4.78, 5) is 83.9. The minimum absolute atomic E-state index is 0.0475. The molecule has 1 saturated carbocycles. The second kappa shape index (κ2) is 14.6. The topological polar surface area (TPSA) is 184 Å². The van der Waals surface area contributed by atoms with E-state index in [1.807, 2.05) is 62.3 Å². The van der Waals surface area contributed by atoms with Crippen molar-refractivity contribution in [2.24, 2.45) is 28.1 Å². The van der Waals surface area contributed by atoms with E-state index >= 15 is 0 Å². The Bertz CT molecular complexity index is 1580. The number of Topliss-reactive ketones (excluding diaryl/α,β-unsaturated/α-hetero) is 1. The number of hydrogen-bond acceptors (Lipinski definition) is 7. The molecule has 3 heterocycles. The van der Waals surface area contributed by atoms with Crippen molar-refractivity contribution in [3.05, 3.63) is 47.4 Å². The molecule has 1 aromatic rings. The van der Waals surface area contributed by atoms with Gasteiger partial charge in [0.05, 0.1) is 24.2 Å². The lowest BCUT2D eigenvalue weighted by Crippen LogP contribution is -2.62. The van der Waals surface area contributed by atoms with E-state index in [0.717, 1.165) is 0 Å². The molecule has 14 nitrogen and oxygen atoms in total. The summed E-state index contributed by atoms with van der Waals surface area (Å²) in [6, 6.07) is -2.62. The zero-order valence-corrected chi connectivity index (χ0v) is 31.4. The Morgan fingerprint density at radius 2 is 1.75 bits per heavy atom. The number of fused-ring (bicyclic) bond motifs is 2. The minimum atomic E-state index is -1.06. The van der Waals surface area contributed by atoms with Crippen molar-refractivity contribution in [3.8, 4) is 0 Å². The van der Waals surface area contributed by atoms with Crippen molar-refractivity contribution >= 4 is 35.4 Å². The average Bonchev–Trinajstić information content (AvgIpc) is 3.31. The van der Waals surface area contributed by atoms with Gasteiger partial charge in [0.15, 0.2) is 12.4 Å². The fourth-order valence-electron chi connectivity index (χ4n) is 7.39. The Kier molecular flexibility index (Phi) is 11.3. The molecule has 1 aliphatic carbocycles. The summed E-state index contributed by atoms with van der Waals surface area (Å²) >= 11 is 0. The van der Waals surface area contributed by atoms with E-state index in [1.54, 1.807) is 4.90 Å². The quantitative estimate of drug-likeness (QED) is 0.105. The third kappa shape index (κ3) is 8.36. The first-order chi connectivity index (χ1) is 23.6. The standard InChI is InChI=1S/C37H55N7O7/c1-11-13-24(28(45)31(47)38-15-12-2)39-30(46)27-26-23(37(26,9)10)19-44(27)33(49)29(36(6,7)8)41-34(50)40-25(35(3,4)5)20-42-17-21-18-43(51)16-14-22(21)32(42)48/h12,14,16,18,23-27,29H,2,11,13,15,17,19-20H2,1,3-10H3,(H,38,47)(H,39,46)(H2,40,41,50)/t23-,24?,25+,26-,27-,29+/m0/s1. The van der Waals surface area contributed by atoms with Crippen LogP contribution in [-0.2, 0) is 25.7 Å². The van der Waals surface area contributed by atoms with Crippen LogP contribution in [0.25, 0.3) is 0 Å². The number of amides is 6. The van der Waals surface area contributed by atoms with Gasteiger partial charge >= 0.3 is 6.03 Å². The van der Waals surface area contributed by atoms with Gasteiger partial charge in [0.25, 0.3) is 11.8 Å². The summed E-state index contributed by atoms with van der Waals surface area (Å²) < 4.78 is 0.651. The van der Waals surface area contributed by atoms with Crippen LogP contribution in [-0.4, -0.2) is 89.0 Å². The fourth-order valence-corrected chi connectivity index (χ4v) is 7.39. The van der Waals surface area contributed by atoms with Crippen LogP contribution in [0.2, 0.25) is 0 Å². The van der Waals surface area contributed by atoms with Gasteiger partial charge in [-0.25, -0.2) is 4.79 Å². The lowest BCUT2D eigenvalue weighted by molar-refractivity contribution is -0.605. The Morgan fingerprint density at radius 3 is 2.33 bits per heavy atom. The van der Waals surface area contributed by atoms with Crippen molar-refractivity contribution in [2.75, 3.05) is 19.6 Å². The highest BCUT2D eigenvalue weighted by atomic mass is 16.5. The Morgan fingerprint density at radius 1 is 1.08 bits per heavy atom. The molecule has 1 saturated heterocycles. The monoisotopic (exact) mass is 709 g/mol. The van der Waals surface area contributed by atoms with E-state index in [2.05, 4.69) is 27.8 Å². The van der Waals surface area contributed by atoms with E-state index in [4.69, 9.17) is 0 Å². The molecule has 2 fully saturated rings. The predicted octanol–water partition coefficient (Wildman–Crippen LogP) is 2.04. The van der Waals surface area contributed by atoms with Crippen molar-refractivity contribution in [1.29, 1.82) is 0 Å². The molecule has 2 aliphatic heterocycles. The second-order valence-electron chi connectivity index (χ2n) is 16.9. The lowest BCUT2D eigenvalue weighted by Gasteiger charge is -2.39. The number of rotatable bonds is 13. The predicted molar refractivity (Wildman–Crippen MR) is 190 cm³/mol. The van der Waals surface area contributed by atoms with Gasteiger partial charge < -0.3 is 36.3 Å². The first kappa shape index (κ1) is 39.3. The number of nitrogens with zero attached hydrogens (tertiary/aromatic N) is 3. The van der Waals surface area contributed by atoms with Gasteiger partial charge in [-0.2, -0.15) is 4.73 Å². The summed E-state index contributed by atoms with van der Waals surface area (Å²) in [6.07, 6.45) is 4.90. The Balaban J connectivity index is 1.51. The molecule has 1 aromatic heterocycles. The fraction of sp³-hybridized carbons (Fsp3) is 0.649. The molecule has 0 radical (unpaired) electrons. The molecule has 0 bridgehead atoms. The first-order valence-electron chi connectivity index (χ1n) is 17.7. The van der Waals surface area contributed by atoms with Crippen LogP contribution in [0.3, 0.4) is 0 Å². The molecular formula is C37H55N7O7. The highest BCUT2D eigenvalue weighted by Crippen LogP contribution is 2.65. The van der Waals surface area contributed by atoms with Crippen molar-refractivity contribution in [2.45, 2.75) is 106 Å². The molecule has 51 heavy (non-hydrogen) atoms. The molecule has 4 rings (SSSR count). The van der Waals surface area contributed by atoms with Crippen LogP contribution in [0.4, 0.5) is 4.79 Å². The number of carbonyl (C=O) groups excluding carboxylic acids is 6. The summed E-state index contributed by atoms with van der Waals surface area (Å²) in [5.41, 5.74) is -0.415. The smallest absolute Gasteiger partial charge is 0.315 e. The number of urea groups is 1. The van der Waals surface area contributed by atoms with Crippen LogP contribution in [0.1, 0.15) is 91.1 Å². The first-order valence-corrected chi connectivity index (χ1v) is 17.7. The summed E-state index contributed by atoms with van der Waals surface area (Å²) in [5.74, 6) is -2.85. The normalized spacial score (nSPS) is 22.2. The van der Waals surface area contributed by atoms with Crippen LogP contribution >= 0.6 is 0 Å². The van der Waals surface area contributed by atoms with Gasteiger partial charge in [0, 0.05) is 31.3 Å². The van der Waals surface area contributed by atoms with Crippen LogP contribution in [0.15, 0.2) is 31.1 Å². The van der Waals surface area contributed by atoms with E-state index in [1.165, 1.54) is 29.4 Å². The SMILES string of the molecule is C=CCNC(=O)C(=O)C(CCC)NC(=O)[C@@H]1[C@@H]2[C@H](CN1C(=O)[C@@H](NC(=O)N[C@H](CN1Cc3c[n+]([O-])ccc3C1=O)C(C)(C)C)C(C)(C)C)C2(C)C. The maximum atomic E-state index is 14.4. The molecule has 280 valence electrons. The minimum Gasteiger partial charge on any atom is -0.619 e. The number of hydrogen-bond donors (Lipinski definition) is 4. The third-order valence-corrected chi connectivity index (χ3v) is 10.6. The number of pyridine rings is 1. The number of piperidine rings is 1. The van der Waals surface area contributed by atoms with E-state index in [9.17, 15) is 34.0 Å². The molecule has 14 heteroatoms. The molecule has 0 spiro atoms. The third-order valence-electron chi connectivity index (χ3n) is 10.6. The number of nitrogens with one attached hydrogen (secondary N) is 4. The maximum absolute atomic E-state index is 14.4. The van der Waals surface area contributed by atoms with Crippen molar-refractivity contribution < 1.29 is 33.5 Å². The van der Waals surface area contributed by atoms with Crippen molar-refractivity contribution in [1.82, 2.24) is 31.1 Å². The highest BCUT2D eigenvalue weighted by molar-refractivity contribution is 6.38. The van der Waals surface area contributed by atoms with Crippen molar-refractivity contribution in [3.63, 3.8) is 0 Å². The second-order valence-corrected chi connectivity index (χ2v) is 16.9. The number of ketones is 1. The molecule has 6 atom stereocenters. The zero-order chi connectivity index (χ0) is 38.2. The Labute approximate surface area is 300 Å². The maximum Gasteiger partial charge on any atom is 0.315 e. The summed E-state index contributed by atoms with van der Waals surface area (Å²) in [5, 5.41) is 22.9. The van der Waals surface area contributed by atoms with Gasteiger partial charge in [-0.15, -0.1) is 6.58 Å². The molecule has 3 aliphatic rings. The largest absolute Gasteiger partial charge is 0.619 e. The van der Waals surface area contributed by atoms with Gasteiger partial charge in [0.2, 0.25) is 17.6 Å². The highest BCUT2D eigenvalue weighted by Gasteiger charge is 2.70. The van der Waals surface area contributed by atoms with E-state index in [-0.39, 0.29) is 49.2 Å². The van der Waals surface area contributed by atoms with Gasteiger partial charge in [0.1, 0.15) is 12.1 Å². The molecule has 0 aromatic carbocycles. The molecular weight excluding hydrogens is 654 g/mol. The molecule has 6 amide bonds. The summed E-state index contributed by atoms with van der Waals surface area (Å²) in [7, 11) is 0. The van der Waals surface area contributed by atoms with Crippen LogP contribution < -0.4 is 26.0 Å². The van der Waals surface area contributed by atoms with Gasteiger partial charge in [-0.05, 0) is 34.5 Å². The lowest BCUT2D eigenvalue weighted by atomic mass is 9.85. The van der Waals surface area contributed by atoms with Crippen LogP contribution in [0.5, 0.6) is 0 Å². The average molecular weight is 710 g/mol. The summed E-state index contributed by atoms with van der Waals surface area (Å²) in [6.45, 7) is 21.6. The van der Waals surface area contributed by atoms with Gasteiger partial charge in [-0.3, -0.25) is 24.0 Å². The number of aromatic nitrogens is 1. The number of carbonyl (C=O) groups is 6. The zero-order valence-electron chi connectivity index (χ0n) is 31.4. The number of likely N-dealkylation sites (tertiary alicyclic amines) is 1. The molecule has 4 N–H and O–H groups in total. The van der Waals surface area contributed by atoms with E-state index in [0.29, 0.717) is 28.8 Å². The van der Waals surface area contributed by atoms with E-state index < -0.39 is 64.5 Å². The van der Waals surface area contributed by atoms with Gasteiger partial charge in [-0.1, -0.05) is 74.8 Å². The molecule has 1 unspecified atom stereocenters. The van der Waals surface area contributed by atoms with Crippen LogP contribution in [0, 0.1) is 33.3 Å².